The average Bonchev–Trinajstić information content (AvgIpc) is 2.75. The number of aromatic amines is 1. The van der Waals surface area contributed by atoms with Gasteiger partial charge < -0.3 is 10.3 Å². The van der Waals surface area contributed by atoms with Crippen LogP contribution in [0.5, 0.6) is 0 Å². The van der Waals surface area contributed by atoms with Crippen molar-refractivity contribution in [2.75, 3.05) is 11.9 Å². The lowest BCUT2D eigenvalue weighted by Gasteiger charge is -1.98. The zero-order chi connectivity index (χ0) is 8.93. The minimum absolute atomic E-state index is 0.770. The molecule has 2 aromatic heterocycles. The highest BCUT2D eigenvalue weighted by molar-refractivity contribution is 7.09. The number of hydrogen-bond acceptors (Lipinski definition) is 5. The molecule has 6 heteroatoms. The Morgan fingerprint density at radius 1 is 1.54 bits per heavy atom. The summed E-state index contributed by atoms with van der Waals surface area (Å²) in [5.74, 6) is 0. The second-order valence-electron chi connectivity index (χ2n) is 2.54. The van der Waals surface area contributed by atoms with E-state index in [0.29, 0.717) is 0 Å². The van der Waals surface area contributed by atoms with Gasteiger partial charge in [0.05, 0.1) is 0 Å². The predicted molar refractivity (Wildman–Crippen MR) is 50.7 cm³/mol. The highest BCUT2D eigenvalue weighted by Crippen LogP contribution is 2.04. The van der Waals surface area contributed by atoms with E-state index in [4.69, 9.17) is 0 Å². The van der Waals surface area contributed by atoms with Crippen LogP contribution in [0.4, 0.5) is 5.13 Å². The molecule has 0 saturated carbocycles. The molecule has 68 valence electrons. The molecule has 0 aromatic carbocycles. The number of H-pyrrole nitrogens is 1. The van der Waals surface area contributed by atoms with E-state index < -0.39 is 0 Å². The molecule has 0 aliphatic heterocycles. The Bertz CT molecular complexity index is 293. The summed E-state index contributed by atoms with van der Waals surface area (Å²) in [6.45, 7) is 0.845. The summed E-state index contributed by atoms with van der Waals surface area (Å²) < 4.78 is 3.65. The quantitative estimate of drug-likeness (QED) is 0.761. The standard InChI is InChI=1S/C7H9N5S/c1-2-6(8-4-1)3-5-9-7-10-11-12-13-7/h1-2,4,8H,3,5H2,(H,9,10,12). The molecular weight excluding hydrogens is 186 g/mol. The molecule has 0 unspecified atom stereocenters. The van der Waals surface area contributed by atoms with Gasteiger partial charge in [-0.15, -0.1) is 0 Å². The number of nitrogens with zero attached hydrogens (tertiary/aromatic N) is 3. The van der Waals surface area contributed by atoms with Gasteiger partial charge in [-0.05, 0) is 17.3 Å². The fraction of sp³-hybridized carbons (Fsp3) is 0.286. The number of nitrogens with one attached hydrogen (secondary N) is 2. The number of aromatic nitrogens is 4. The van der Waals surface area contributed by atoms with Crippen LogP contribution >= 0.6 is 11.5 Å². The van der Waals surface area contributed by atoms with E-state index in [1.54, 1.807) is 0 Å². The van der Waals surface area contributed by atoms with Gasteiger partial charge in [0.25, 0.3) is 0 Å². The van der Waals surface area contributed by atoms with Gasteiger partial charge in [-0.3, -0.25) is 0 Å². The van der Waals surface area contributed by atoms with Gasteiger partial charge in [0.15, 0.2) is 0 Å². The molecule has 0 saturated heterocycles. The summed E-state index contributed by atoms with van der Waals surface area (Å²) in [7, 11) is 0. The highest BCUT2D eigenvalue weighted by atomic mass is 32.1. The number of hydrogen-bond donors (Lipinski definition) is 2. The van der Waals surface area contributed by atoms with Gasteiger partial charge in [0.2, 0.25) is 5.13 Å². The summed E-state index contributed by atoms with van der Waals surface area (Å²) in [5.41, 5.74) is 1.21. The maximum Gasteiger partial charge on any atom is 0.225 e. The third kappa shape index (κ3) is 2.25. The maximum absolute atomic E-state index is 3.77. The zero-order valence-electron chi connectivity index (χ0n) is 6.90. The Morgan fingerprint density at radius 3 is 3.23 bits per heavy atom. The third-order valence-electron chi connectivity index (χ3n) is 1.63. The first-order chi connectivity index (χ1) is 6.45. The highest BCUT2D eigenvalue weighted by Gasteiger charge is 1.96. The van der Waals surface area contributed by atoms with Gasteiger partial charge in [-0.1, -0.05) is 9.59 Å². The van der Waals surface area contributed by atoms with Crippen molar-refractivity contribution in [2.24, 2.45) is 0 Å². The van der Waals surface area contributed by atoms with Crippen LogP contribution in [0.1, 0.15) is 5.69 Å². The lowest BCUT2D eigenvalue weighted by atomic mass is 10.3. The fourth-order valence-corrected chi connectivity index (χ4v) is 1.42. The van der Waals surface area contributed by atoms with E-state index in [1.807, 2.05) is 12.3 Å². The first-order valence-electron chi connectivity index (χ1n) is 3.96. The van der Waals surface area contributed by atoms with Crippen LogP contribution in [0.3, 0.4) is 0 Å². The van der Waals surface area contributed by atoms with Crippen molar-refractivity contribution in [1.29, 1.82) is 0 Å². The van der Waals surface area contributed by atoms with Crippen molar-refractivity contribution in [2.45, 2.75) is 6.42 Å². The van der Waals surface area contributed by atoms with E-state index in [0.717, 1.165) is 18.1 Å². The monoisotopic (exact) mass is 195 g/mol. The molecule has 0 aliphatic carbocycles. The van der Waals surface area contributed by atoms with Crippen molar-refractivity contribution >= 4 is 16.7 Å². The predicted octanol–water partition coefficient (Wildman–Crippen LogP) is 0.916. The molecule has 0 atom stereocenters. The largest absolute Gasteiger partial charge is 0.365 e. The minimum atomic E-state index is 0.770. The summed E-state index contributed by atoms with van der Waals surface area (Å²) >= 11 is 1.27. The van der Waals surface area contributed by atoms with Crippen LogP contribution in [-0.2, 0) is 6.42 Å². The molecule has 13 heavy (non-hydrogen) atoms. The number of rotatable bonds is 4. The van der Waals surface area contributed by atoms with Crippen LogP contribution in [0.2, 0.25) is 0 Å². The molecule has 0 bridgehead atoms. The molecule has 2 aromatic rings. The Kier molecular flexibility index (Phi) is 2.51. The first-order valence-corrected chi connectivity index (χ1v) is 4.73. The van der Waals surface area contributed by atoms with E-state index in [2.05, 4.69) is 31.2 Å². The second-order valence-corrected chi connectivity index (χ2v) is 3.27. The van der Waals surface area contributed by atoms with E-state index >= 15 is 0 Å². The normalized spacial score (nSPS) is 10.2. The third-order valence-corrected chi connectivity index (χ3v) is 2.19. The van der Waals surface area contributed by atoms with Crippen molar-refractivity contribution in [3.8, 4) is 0 Å². The Hall–Kier alpha value is -1.43. The molecule has 0 radical (unpaired) electrons. The minimum Gasteiger partial charge on any atom is -0.365 e. The number of anilines is 1. The first kappa shape index (κ1) is 8.18. The topological polar surface area (TPSA) is 66.5 Å². The molecule has 2 N–H and O–H groups in total. The van der Waals surface area contributed by atoms with Gasteiger partial charge >= 0.3 is 0 Å². The zero-order valence-corrected chi connectivity index (χ0v) is 7.71. The van der Waals surface area contributed by atoms with Crippen molar-refractivity contribution < 1.29 is 0 Å². The van der Waals surface area contributed by atoms with Crippen LogP contribution in [0.25, 0.3) is 0 Å². The molecule has 2 heterocycles. The summed E-state index contributed by atoms with van der Waals surface area (Å²) in [6.07, 6.45) is 2.87. The van der Waals surface area contributed by atoms with Crippen molar-refractivity contribution in [1.82, 2.24) is 19.8 Å². The Balaban J connectivity index is 1.76. The van der Waals surface area contributed by atoms with E-state index in [1.165, 1.54) is 17.2 Å². The van der Waals surface area contributed by atoms with E-state index in [9.17, 15) is 0 Å². The molecule has 0 fully saturated rings. The van der Waals surface area contributed by atoms with Crippen LogP contribution in [0, 0.1) is 0 Å². The molecular formula is C7H9N5S. The fourth-order valence-electron chi connectivity index (χ4n) is 1.03. The molecule has 2 rings (SSSR count). The molecule has 5 nitrogen and oxygen atoms in total. The van der Waals surface area contributed by atoms with Crippen LogP contribution in [-0.4, -0.2) is 26.3 Å². The maximum atomic E-state index is 3.77. The summed E-state index contributed by atoms with van der Waals surface area (Å²) in [4.78, 5) is 3.13. The Labute approximate surface area is 79.4 Å². The lowest BCUT2D eigenvalue weighted by molar-refractivity contribution is 0.932. The van der Waals surface area contributed by atoms with Crippen LogP contribution in [0.15, 0.2) is 18.3 Å². The SMILES string of the molecule is c1c[nH]c(CCNc2nnns2)c1. The average molecular weight is 195 g/mol. The molecule has 0 amide bonds. The summed E-state index contributed by atoms with van der Waals surface area (Å²) in [6, 6.07) is 4.04. The van der Waals surface area contributed by atoms with Gasteiger partial charge in [0.1, 0.15) is 0 Å². The van der Waals surface area contributed by atoms with Gasteiger partial charge in [0, 0.05) is 36.4 Å². The van der Waals surface area contributed by atoms with Gasteiger partial charge in [-0.25, -0.2) is 0 Å². The summed E-state index contributed by atoms with van der Waals surface area (Å²) in [5, 5.41) is 11.2. The van der Waals surface area contributed by atoms with Crippen molar-refractivity contribution in [3.63, 3.8) is 0 Å². The molecule has 0 spiro atoms. The van der Waals surface area contributed by atoms with Crippen LogP contribution < -0.4 is 5.32 Å². The second kappa shape index (κ2) is 3.99. The lowest BCUT2D eigenvalue weighted by Crippen LogP contribution is -2.04. The van der Waals surface area contributed by atoms with Crippen molar-refractivity contribution in [3.05, 3.63) is 24.0 Å². The smallest absolute Gasteiger partial charge is 0.225 e. The Morgan fingerprint density at radius 2 is 2.54 bits per heavy atom. The molecule has 0 aliphatic rings. The van der Waals surface area contributed by atoms with E-state index in [-0.39, 0.29) is 0 Å². The van der Waals surface area contributed by atoms with Gasteiger partial charge in [-0.2, -0.15) is 0 Å².